The van der Waals surface area contributed by atoms with E-state index in [-0.39, 0.29) is 5.82 Å². The van der Waals surface area contributed by atoms with E-state index < -0.39 is 17.6 Å². The van der Waals surface area contributed by atoms with E-state index in [1.54, 1.807) is 18.2 Å². The molecular weight excluding hydrogens is 297 g/mol. The highest BCUT2D eigenvalue weighted by molar-refractivity contribution is 5.99. The third-order valence-corrected chi connectivity index (χ3v) is 2.60. The van der Waals surface area contributed by atoms with E-state index in [0.717, 1.165) is 12.4 Å². The summed E-state index contributed by atoms with van der Waals surface area (Å²) >= 11 is 0. The van der Waals surface area contributed by atoms with Gasteiger partial charge in [-0.15, -0.1) is 0 Å². The second kappa shape index (κ2) is 6.25. The molecule has 0 aliphatic heterocycles. The van der Waals surface area contributed by atoms with Gasteiger partial charge in [0, 0.05) is 17.6 Å². The number of alkyl halides is 3. The van der Waals surface area contributed by atoms with Gasteiger partial charge in [-0.3, -0.25) is 4.79 Å². The van der Waals surface area contributed by atoms with Crippen LogP contribution in [0.2, 0.25) is 0 Å². The van der Waals surface area contributed by atoms with Crippen molar-refractivity contribution >= 4 is 23.1 Å². The van der Waals surface area contributed by atoms with Gasteiger partial charge in [0.1, 0.15) is 17.7 Å². The van der Waals surface area contributed by atoms with Crippen LogP contribution in [0.1, 0.15) is 5.56 Å². The summed E-state index contributed by atoms with van der Waals surface area (Å²) in [5.41, 5.74) is -0.223. The van der Waals surface area contributed by atoms with Crippen molar-refractivity contribution in [3.05, 3.63) is 55.0 Å². The van der Waals surface area contributed by atoms with Crippen LogP contribution in [-0.4, -0.2) is 15.9 Å². The largest absolute Gasteiger partial charge is 0.421 e. The number of hydrogen-bond donors (Lipinski definition) is 2. The zero-order chi connectivity index (χ0) is 16.2. The first-order chi connectivity index (χ1) is 10.4. The van der Waals surface area contributed by atoms with Crippen molar-refractivity contribution in [3.63, 3.8) is 0 Å². The Balaban J connectivity index is 2.27. The molecule has 1 aromatic heterocycles. The summed E-state index contributed by atoms with van der Waals surface area (Å²) in [7, 11) is 0. The van der Waals surface area contributed by atoms with E-state index in [0.29, 0.717) is 17.6 Å². The first kappa shape index (κ1) is 15.5. The Morgan fingerprint density at radius 2 is 2.00 bits per heavy atom. The summed E-state index contributed by atoms with van der Waals surface area (Å²) < 4.78 is 38.6. The number of nitrogens with one attached hydrogen (secondary N) is 2. The first-order valence-corrected chi connectivity index (χ1v) is 6.08. The fraction of sp³-hybridized carbons (Fsp3) is 0.0714. The second-order valence-electron chi connectivity index (χ2n) is 4.18. The summed E-state index contributed by atoms with van der Waals surface area (Å²) in [5, 5.41) is 5.07. The van der Waals surface area contributed by atoms with Crippen LogP contribution in [0.3, 0.4) is 0 Å². The van der Waals surface area contributed by atoms with Gasteiger partial charge in [-0.05, 0) is 24.3 Å². The van der Waals surface area contributed by atoms with Crippen molar-refractivity contribution in [2.24, 2.45) is 0 Å². The number of carbonyl (C=O) groups is 1. The molecule has 0 bridgehead atoms. The summed E-state index contributed by atoms with van der Waals surface area (Å²) in [5.74, 6) is -0.787. The molecular formula is C14H11F3N4O. The highest BCUT2D eigenvalue weighted by Gasteiger charge is 2.34. The summed E-state index contributed by atoms with van der Waals surface area (Å²) in [6.45, 7) is 3.32. The average molecular weight is 308 g/mol. The average Bonchev–Trinajstić information content (AvgIpc) is 2.47. The van der Waals surface area contributed by atoms with Gasteiger partial charge in [-0.1, -0.05) is 12.6 Å². The molecule has 0 spiro atoms. The van der Waals surface area contributed by atoms with Gasteiger partial charge < -0.3 is 10.6 Å². The minimum absolute atomic E-state index is 0.339. The maximum absolute atomic E-state index is 12.9. The molecule has 0 fully saturated rings. The van der Waals surface area contributed by atoms with Gasteiger partial charge in [0.2, 0.25) is 5.91 Å². The Bertz CT molecular complexity index is 700. The van der Waals surface area contributed by atoms with E-state index >= 15 is 0 Å². The number of aromatic nitrogens is 2. The maximum atomic E-state index is 12.9. The quantitative estimate of drug-likeness (QED) is 0.850. The van der Waals surface area contributed by atoms with Gasteiger partial charge in [0.05, 0.1) is 0 Å². The number of amides is 1. The number of hydrogen-bond acceptors (Lipinski definition) is 4. The smallest absolute Gasteiger partial charge is 0.340 e. The minimum Gasteiger partial charge on any atom is -0.340 e. The molecule has 0 aliphatic rings. The Morgan fingerprint density at radius 1 is 1.27 bits per heavy atom. The molecule has 0 atom stereocenters. The maximum Gasteiger partial charge on any atom is 0.421 e. The second-order valence-corrected chi connectivity index (χ2v) is 4.18. The lowest BCUT2D eigenvalue weighted by Gasteiger charge is -2.13. The molecule has 5 nitrogen and oxygen atoms in total. The lowest BCUT2D eigenvalue weighted by molar-refractivity contribution is -0.137. The monoisotopic (exact) mass is 308 g/mol. The molecule has 1 heterocycles. The highest BCUT2D eigenvalue weighted by atomic mass is 19.4. The normalized spacial score (nSPS) is 10.9. The van der Waals surface area contributed by atoms with Crippen molar-refractivity contribution in [2.75, 3.05) is 10.6 Å². The van der Waals surface area contributed by atoms with Crippen LogP contribution in [0.25, 0.3) is 0 Å². The third kappa shape index (κ3) is 3.81. The van der Waals surface area contributed by atoms with Crippen molar-refractivity contribution in [3.8, 4) is 0 Å². The molecule has 0 saturated carbocycles. The summed E-state index contributed by atoms with van der Waals surface area (Å²) in [6.07, 6.45) is -1.77. The van der Waals surface area contributed by atoms with E-state index in [9.17, 15) is 18.0 Å². The molecule has 22 heavy (non-hydrogen) atoms. The third-order valence-electron chi connectivity index (χ3n) is 2.60. The minimum atomic E-state index is -4.57. The zero-order valence-electron chi connectivity index (χ0n) is 11.2. The zero-order valence-corrected chi connectivity index (χ0v) is 11.2. The number of halogens is 3. The van der Waals surface area contributed by atoms with Gasteiger partial charge >= 0.3 is 6.18 Å². The Kier molecular flexibility index (Phi) is 4.40. The van der Waals surface area contributed by atoms with E-state index in [1.807, 2.05) is 0 Å². The standard InChI is InChI=1S/C14H11F3N4O/c1-2-12(22)20-9-4-3-5-10(6-9)21-13-11(14(15,16)17)7-18-8-19-13/h2-8H,1H2,(H,20,22)(H,18,19,21). The Labute approximate surface area is 123 Å². The van der Waals surface area contributed by atoms with Gasteiger partial charge in [0.25, 0.3) is 0 Å². The number of carbonyl (C=O) groups excluding carboxylic acids is 1. The van der Waals surface area contributed by atoms with E-state index in [1.165, 1.54) is 6.07 Å². The Hall–Kier alpha value is -2.90. The number of rotatable bonds is 4. The van der Waals surface area contributed by atoms with Crippen molar-refractivity contribution in [1.29, 1.82) is 0 Å². The van der Waals surface area contributed by atoms with Crippen LogP contribution in [0, 0.1) is 0 Å². The molecule has 2 rings (SSSR count). The lowest BCUT2D eigenvalue weighted by Crippen LogP contribution is -2.11. The summed E-state index contributed by atoms with van der Waals surface area (Å²) in [6, 6.07) is 6.20. The van der Waals surface area contributed by atoms with E-state index in [2.05, 4.69) is 27.2 Å². The summed E-state index contributed by atoms with van der Waals surface area (Å²) in [4.78, 5) is 18.2. The fourth-order valence-electron chi connectivity index (χ4n) is 1.64. The molecule has 0 radical (unpaired) electrons. The van der Waals surface area contributed by atoms with Crippen molar-refractivity contribution in [2.45, 2.75) is 6.18 Å². The van der Waals surface area contributed by atoms with Crippen LogP contribution in [0.15, 0.2) is 49.4 Å². The molecule has 0 aliphatic carbocycles. The molecule has 114 valence electrons. The van der Waals surface area contributed by atoms with E-state index in [4.69, 9.17) is 0 Å². The fourth-order valence-corrected chi connectivity index (χ4v) is 1.64. The molecule has 2 aromatic rings. The number of nitrogens with zero attached hydrogens (tertiary/aromatic N) is 2. The predicted octanol–water partition coefficient (Wildman–Crippen LogP) is 3.36. The molecule has 0 unspecified atom stereocenters. The molecule has 0 saturated heterocycles. The van der Waals surface area contributed by atoms with Crippen molar-refractivity contribution < 1.29 is 18.0 Å². The first-order valence-electron chi connectivity index (χ1n) is 6.08. The molecule has 8 heteroatoms. The Morgan fingerprint density at radius 3 is 2.68 bits per heavy atom. The highest BCUT2D eigenvalue weighted by Crippen LogP contribution is 2.34. The predicted molar refractivity (Wildman–Crippen MR) is 75.6 cm³/mol. The molecule has 1 aromatic carbocycles. The van der Waals surface area contributed by atoms with Crippen LogP contribution in [-0.2, 0) is 11.0 Å². The van der Waals surface area contributed by atoms with Gasteiger partial charge in [0.15, 0.2) is 0 Å². The lowest BCUT2D eigenvalue weighted by atomic mass is 10.2. The number of benzene rings is 1. The van der Waals surface area contributed by atoms with Crippen LogP contribution < -0.4 is 10.6 Å². The topological polar surface area (TPSA) is 66.9 Å². The van der Waals surface area contributed by atoms with Gasteiger partial charge in [-0.25, -0.2) is 9.97 Å². The SMILES string of the molecule is C=CC(=O)Nc1cccc(Nc2ncncc2C(F)(F)F)c1. The molecule has 2 N–H and O–H groups in total. The molecule has 1 amide bonds. The van der Waals surface area contributed by atoms with Crippen LogP contribution in [0.5, 0.6) is 0 Å². The number of anilines is 3. The van der Waals surface area contributed by atoms with Crippen LogP contribution in [0.4, 0.5) is 30.4 Å². The van der Waals surface area contributed by atoms with Crippen molar-refractivity contribution in [1.82, 2.24) is 9.97 Å². The van der Waals surface area contributed by atoms with Crippen LogP contribution >= 0.6 is 0 Å². The van der Waals surface area contributed by atoms with Gasteiger partial charge in [-0.2, -0.15) is 13.2 Å².